The van der Waals surface area contributed by atoms with Gasteiger partial charge in [-0.15, -0.1) is 11.3 Å². The van der Waals surface area contributed by atoms with E-state index in [1.54, 1.807) is 77.9 Å². The number of rotatable bonds is 11. The first kappa shape index (κ1) is 36.3. The minimum atomic E-state index is -3.31. The van der Waals surface area contributed by atoms with E-state index in [1.165, 1.54) is 18.3 Å². The number of thiazole rings is 1. The summed E-state index contributed by atoms with van der Waals surface area (Å²) in [5, 5.41) is 28.9. The van der Waals surface area contributed by atoms with Gasteiger partial charge in [0.25, 0.3) is 0 Å². The van der Waals surface area contributed by atoms with Crippen LogP contribution in [0.5, 0.6) is 0 Å². The summed E-state index contributed by atoms with van der Waals surface area (Å²) in [5.41, 5.74) is 1.30. The number of nitrogens with one attached hydrogen (secondary N) is 3. The van der Waals surface area contributed by atoms with Crippen molar-refractivity contribution in [2.45, 2.75) is 83.9 Å². The molecule has 0 aliphatic carbocycles. The second-order valence-electron chi connectivity index (χ2n) is 13.2. The monoisotopic (exact) mass is 673 g/mol. The molecule has 0 saturated carbocycles. The molecule has 0 aliphatic rings. The minimum absolute atomic E-state index is 0.232. The van der Waals surface area contributed by atoms with Crippen LogP contribution in [0.15, 0.2) is 53.4 Å². The first-order valence-electron chi connectivity index (χ1n) is 14.6. The molecule has 0 saturated heterocycles. The third kappa shape index (κ3) is 8.97. The maximum atomic E-state index is 12.5. The number of hydrogen-bond acceptors (Lipinski definition) is 8. The molecule has 46 heavy (non-hydrogen) atoms. The molecule has 3 amide bonds. The van der Waals surface area contributed by atoms with Gasteiger partial charge in [-0.25, -0.2) is 23.0 Å². The van der Waals surface area contributed by atoms with Crippen LogP contribution < -0.4 is 16.0 Å². The van der Waals surface area contributed by atoms with Crippen LogP contribution in [0.2, 0.25) is 0 Å². The fourth-order valence-electron chi connectivity index (χ4n) is 5.13. The van der Waals surface area contributed by atoms with E-state index in [0.717, 1.165) is 32.9 Å². The quantitative estimate of drug-likeness (QED) is 0.152. The van der Waals surface area contributed by atoms with Crippen molar-refractivity contribution in [3.05, 3.63) is 70.2 Å². The normalized spacial score (nSPS) is 13.4. The summed E-state index contributed by atoms with van der Waals surface area (Å²) in [6.07, 6.45) is 0.172. The Morgan fingerprint density at radius 2 is 1.46 bits per heavy atom. The Bertz CT molecular complexity index is 1670. The van der Waals surface area contributed by atoms with E-state index >= 15 is 0 Å². The molecule has 1 aromatic heterocycles. The summed E-state index contributed by atoms with van der Waals surface area (Å²) < 4.78 is 23.7. The lowest BCUT2D eigenvalue weighted by atomic mass is 9.82. The van der Waals surface area contributed by atoms with Crippen molar-refractivity contribution in [2.75, 3.05) is 16.9 Å². The Morgan fingerprint density at radius 1 is 0.891 bits per heavy atom. The molecular weight excluding hydrogens is 631 g/mol. The maximum Gasteiger partial charge on any atom is 0.411 e. The van der Waals surface area contributed by atoms with Gasteiger partial charge < -0.3 is 20.8 Å². The molecular formula is C32H43N5O7S2. The summed E-state index contributed by atoms with van der Waals surface area (Å²) >= 11 is 1.37. The van der Waals surface area contributed by atoms with Gasteiger partial charge in [-0.05, 0) is 69.0 Å². The fraction of sp³-hybridized carbons (Fsp3) is 0.438. The molecule has 12 nitrogen and oxygen atoms in total. The lowest BCUT2D eigenvalue weighted by molar-refractivity contribution is -0.114. The number of nitrogens with zero attached hydrogens (tertiary/aromatic N) is 2. The Hall–Kier alpha value is -4.17. The Labute approximate surface area is 274 Å². The first-order valence-corrected chi connectivity index (χ1v) is 17.3. The van der Waals surface area contributed by atoms with Crippen LogP contribution in [-0.2, 0) is 33.9 Å². The van der Waals surface area contributed by atoms with Crippen molar-refractivity contribution in [1.82, 2.24) is 15.2 Å². The topological polar surface area (TPSA) is 178 Å². The lowest BCUT2D eigenvalue weighted by Gasteiger charge is -2.55. The Morgan fingerprint density at radius 3 is 1.91 bits per heavy atom. The molecule has 3 rings (SSSR count). The van der Waals surface area contributed by atoms with Crippen LogP contribution in [0.4, 0.5) is 20.4 Å². The molecule has 0 aliphatic heterocycles. The van der Waals surface area contributed by atoms with E-state index in [0.29, 0.717) is 30.1 Å². The second kappa shape index (κ2) is 13.7. The van der Waals surface area contributed by atoms with Crippen molar-refractivity contribution >= 4 is 50.1 Å². The van der Waals surface area contributed by atoms with Crippen LogP contribution >= 0.6 is 11.3 Å². The van der Waals surface area contributed by atoms with Gasteiger partial charge in [-0.1, -0.05) is 45.0 Å². The average Bonchev–Trinajstić information content (AvgIpc) is 3.25. The van der Waals surface area contributed by atoms with Gasteiger partial charge >= 0.3 is 12.2 Å². The molecule has 2 aromatic carbocycles. The van der Waals surface area contributed by atoms with Gasteiger partial charge in [0.15, 0.2) is 15.0 Å². The van der Waals surface area contributed by atoms with Gasteiger partial charge in [0.05, 0.1) is 10.6 Å². The highest BCUT2D eigenvalue weighted by molar-refractivity contribution is 7.90. The molecule has 0 radical (unpaired) electrons. The maximum absolute atomic E-state index is 12.5. The number of aryl methyl sites for hydroxylation is 2. The van der Waals surface area contributed by atoms with Gasteiger partial charge in [0, 0.05) is 41.1 Å². The molecule has 3 aromatic rings. The fourth-order valence-corrected chi connectivity index (χ4v) is 6.85. The summed E-state index contributed by atoms with van der Waals surface area (Å²) in [6.45, 7) is 11.8. The van der Waals surface area contributed by atoms with Gasteiger partial charge in [0.1, 0.15) is 0 Å². The molecule has 5 N–H and O–H groups in total. The predicted molar refractivity (Wildman–Crippen MR) is 179 cm³/mol. The highest BCUT2D eigenvalue weighted by Crippen LogP contribution is 2.39. The Balaban J connectivity index is 1.87. The van der Waals surface area contributed by atoms with Crippen LogP contribution in [0.1, 0.15) is 70.2 Å². The number of carboxylic acid groups (broad SMARTS) is 2. The SMILES string of the molecule is CC(=O)Nc1nc(CCc2ccc(NC(NC(=O)O)(N(C(=O)O)C(C)(C)C)C(C)(C)C)cc2)c(Cc2ccc(S(C)(=O)=O)cc2)s1. The predicted octanol–water partition coefficient (Wildman–Crippen LogP) is 6.04. The van der Waals surface area contributed by atoms with Gasteiger partial charge in [-0.2, -0.15) is 0 Å². The highest BCUT2D eigenvalue weighted by atomic mass is 32.2. The zero-order valence-electron chi connectivity index (χ0n) is 27.4. The largest absolute Gasteiger partial charge is 0.465 e. The molecule has 0 bridgehead atoms. The number of carbonyl (C=O) groups excluding carboxylic acids is 1. The second-order valence-corrected chi connectivity index (χ2v) is 16.3. The number of sulfone groups is 1. The van der Waals surface area contributed by atoms with Crippen molar-refractivity contribution < 1.29 is 33.0 Å². The van der Waals surface area contributed by atoms with Crippen LogP contribution in [-0.4, -0.2) is 64.2 Å². The smallest absolute Gasteiger partial charge is 0.411 e. The zero-order valence-corrected chi connectivity index (χ0v) is 29.0. The Kier molecular flexibility index (Phi) is 10.8. The van der Waals surface area contributed by atoms with Crippen LogP contribution in [0.3, 0.4) is 0 Å². The molecule has 1 unspecified atom stereocenters. The number of benzene rings is 2. The molecule has 0 spiro atoms. The van der Waals surface area contributed by atoms with Crippen molar-refractivity contribution in [2.24, 2.45) is 5.41 Å². The third-order valence-corrected chi connectivity index (χ3v) is 9.42. The summed E-state index contributed by atoms with van der Waals surface area (Å²) in [5.74, 6) is -1.95. The van der Waals surface area contributed by atoms with Crippen LogP contribution in [0.25, 0.3) is 0 Å². The number of anilines is 2. The summed E-state index contributed by atoms with van der Waals surface area (Å²) in [7, 11) is -3.31. The third-order valence-electron chi connectivity index (χ3n) is 7.28. The van der Waals surface area contributed by atoms with E-state index in [4.69, 9.17) is 0 Å². The van der Waals surface area contributed by atoms with Crippen molar-refractivity contribution in [3.8, 4) is 0 Å². The molecule has 250 valence electrons. The zero-order chi connectivity index (χ0) is 34.7. The van der Waals surface area contributed by atoms with Gasteiger partial charge in [-0.3, -0.25) is 15.0 Å². The highest BCUT2D eigenvalue weighted by Gasteiger charge is 2.54. The van der Waals surface area contributed by atoms with Gasteiger partial charge in [0.2, 0.25) is 11.7 Å². The number of amides is 3. The van der Waals surface area contributed by atoms with E-state index in [2.05, 4.69) is 20.9 Å². The summed E-state index contributed by atoms with van der Waals surface area (Å²) in [4.78, 5) is 43.2. The van der Waals surface area contributed by atoms with E-state index in [9.17, 15) is 33.0 Å². The molecule has 1 atom stereocenters. The first-order chi connectivity index (χ1) is 21.1. The van der Waals surface area contributed by atoms with Crippen molar-refractivity contribution in [3.63, 3.8) is 0 Å². The number of aromatic nitrogens is 1. The van der Waals surface area contributed by atoms with E-state index in [1.807, 2.05) is 12.1 Å². The number of hydrogen-bond donors (Lipinski definition) is 5. The minimum Gasteiger partial charge on any atom is -0.465 e. The molecule has 0 fully saturated rings. The van der Waals surface area contributed by atoms with Crippen molar-refractivity contribution in [1.29, 1.82) is 0 Å². The van der Waals surface area contributed by atoms with E-state index in [-0.39, 0.29) is 10.8 Å². The average molecular weight is 674 g/mol. The molecule has 1 heterocycles. The summed E-state index contributed by atoms with van der Waals surface area (Å²) in [6, 6.07) is 14.0. The van der Waals surface area contributed by atoms with E-state index < -0.39 is 38.8 Å². The standard InChI is InChI=1S/C32H43N5O7S2/c1-20(38)33-27-34-25(26(45-27)19-22-11-16-24(17-12-22)46(8,43)44)18-13-21-9-14-23(15-10-21)35-32(30(2,3)4,36-28(39)40)37(29(41)42)31(5,6)7/h9-12,14-17,35-36H,13,18-19H2,1-8H3,(H,39,40)(H,41,42)(H,33,34,38). The lowest BCUT2D eigenvalue weighted by Crippen LogP contribution is -2.76. The molecule has 14 heteroatoms. The van der Waals surface area contributed by atoms with Crippen LogP contribution in [0, 0.1) is 5.41 Å². The number of carbonyl (C=O) groups is 3.